The third-order valence-electron chi connectivity index (χ3n) is 4.47. The number of carboxylic acid groups (broad SMARTS) is 2. The van der Waals surface area contributed by atoms with Crippen LogP contribution in [0.25, 0.3) is 11.1 Å². The minimum atomic E-state index is -1.07. The number of halogens is 1. The van der Waals surface area contributed by atoms with Crippen molar-refractivity contribution in [1.82, 2.24) is 5.32 Å². The summed E-state index contributed by atoms with van der Waals surface area (Å²) < 4.78 is 0. The number of aliphatic carboxylic acids is 2. The smallest absolute Gasteiger partial charge is 0.308 e. The van der Waals surface area contributed by atoms with Gasteiger partial charge in [0.1, 0.15) is 0 Å². The number of benzene rings is 2. The highest BCUT2D eigenvalue weighted by molar-refractivity contribution is 6.30. The lowest BCUT2D eigenvalue weighted by Gasteiger charge is -2.22. The number of hydrogen-bond acceptors (Lipinski definition) is 3. The number of carbonyl (C=O) groups excluding carboxylic acids is 1. The average molecular weight is 404 g/mol. The Labute approximate surface area is 168 Å². The monoisotopic (exact) mass is 403 g/mol. The van der Waals surface area contributed by atoms with Gasteiger partial charge in [0.15, 0.2) is 0 Å². The lowest BCUT2D eigenvalue weighted by molar-refractivity contribution is -0.143. The lowest BCUT2D eigenvalue weighted by atomic mass is 9.93. The molecular formula is C21H22ClNO5. The highest BCUT2D eigenvalue weighted by Crippen LogP contribution is 2.23. The fourth-order valence-electron chi connectivity index (χ4n) is 2.78. The van der Waals surface area contributed by atoms with Crippen LogP contribution in [0.1, 0.15) is 25.3 Å². The van der Waals surface area contributed by atoms with Crippen LogP contribution in [-0.2, 0) is 20.8 Å². The Morgan fingerprint density at radius 2 is 1.68 bits per heavy atom. The molecule has 0 spiro atoms. The predicted octanol–water partition coefficient (Wildman–Crippen LogP) is 3.62. The molecule has 0 heterocycles. The summed E-state index contributed by atoms with van der Waals surface area (Å²) in [6, 6.07) is 14.4. The van der Waals surface area contributed by atoms with E-state index in [1.807, 2.05) is 42.5 Å². The standard InChI is InChI=1S/C21H22ClNO5/c1-13(21(27)28)18(23-19(24)9-10-20(25)26)11-14-5-7-15(8-6-14)16-3-2-4-17(22)12-16/h2-8,12-13,18H,9-11H2,1H3,(H,23,24)(H,25,26)(H,27,28). The van der Waals surface area contributed by atoms with Crippen molar-refractivity contribution in [1.29, 1.82) is 0 Å². The van der Waals surface area contributed by atoms with Crippen molar-refractivity contribution in [2.45, 2.75) is 32.2 Å². The van der Waals surface area contributed by atoms with Crippen LogP contribution in [0, 0.1) is 5.92 Å². The van der Waals surface area contributed by atoms with Gasteiger partial charge < -0.3 is 15.5 Å². The van der Waals surface area contributed by atoms with Gasteiger partial charge in [0.05, 0.1) is 12.3 Å². The molecule has 0 fully saturated rings. The quantitative estimate of drug-likeness (QED) is 0.593. The lowest BCUT2D eigenvalue weighted by Crippen LogP contribution is -2.43. The molecule has 0 saturated carbocycles. The molecule has 2 unspecified atom stereocenters. The molecule has 0 bridgehead atoms. The Kier molecular flexibility index (Phi) is 7.58. The molecule has 2 aromatic rings. The van der Waals surface area contributed by atoms with Gasteiger partial charge in [0.2, 0.25) is 5.91 Å². The molecule has 2 rings (SSSR count). The number of nitrogens with one attached hydrogen (secondary N) is 1. The van der Waals surface area contributed by atoms with E-state index in [2.05, 4.69) is 5.32 Å². The summed E-state index contributed by atoms with van der Waals surface area (Å²) in [5.41, 5.74) is 2.80. The summed E-state index contributed by atoms with van der Waals surface area (Å²) in [6.45, 7) is 1.52. The van der Waals surface area contributed by atoms with E-state index in [1.165, 1.54) is 6.92 Å². The first-order valence-corrected chi connectivity index (χ1v) is 9.23. The van der Waals surface area contributed by atoms with Crippen molar-refractivity contribution >= 4 is 29.4 Å². The number of hydrogen-bond donors (Lipinski definition) is 3. The largest absolute Gasteiger partial charge is 0.481 e. The molecule has 28 heavy (non-hydrogen) atoms. The normalized spacial score (nSPS) is 12.8. The number of carbonyl (C=O) groups is 3. The Morgan fingerprint density at radius 3 is 2.25 bits per heavy atom. The molecule has 148 valence electrons. The second-order valence-corrected chi connectivity index (χ2v) is 7.04. The topological polar surface area (TPSA) is 104 Å². The summed E-state index contributed by atoms with van der Waals surface area (Å²) in [5, 5.41) is 21.3. The molecule has 7 heteroatoms. The Hall–Kier alpha value is -2.86. The summed E-state index contributed by atoms with van der Waals surface area (Å²) in [5.74, 6) is -3.40. The molecule has 0 aromatic heterocycles. The van der Waals surface area contributed by atoms with Crippen LogP contribution in [0.4, 0.5) is 0 Å². The van der Waals surface area contributed by atoms with Gasteiger partial charge in [-0.2, -0.15) is 0 Å². The molecule has 0 aliphatic rings. The van der Waals surface area contributed by atoms with Crippen LogP contribution < -0.4 is 5.32 Å². The van der Waals surface area contributed by atoms with E-state index < -0.39 is 29.8 Å². The Morgan fingerprint density at radius 1 is 1.00 bits per heavy atom. The second kappa shape index (κ2) is 9.90. The van der Waals surface area contributed by atoms with Crippen LogP contribution in [0.2, 0.25) is 5.02 Å². The zero-order valence-corrected chi connectivity index (χ0v) is 16.1. The number of amides is 1. The molecule has 2 atom stereocenters. The van der Waals surface area contributed by atoms with Crippen molar-refractivity contribution < 1.29 is 24.6 Å². The van der Waals surface area contributed by atoms with E-state index >= 15 is 0 Å². The van der Waals surface area contributed by atoms with Gasteiger partial charge in [-0.1, -0.05) is 48.0 Å². The maximum absolute atomic E-state index is 12.0. The Bertz CT molecular complexity index is 850. The summed E-state index contributed by atoms with van der Waals surface area (Å²) in [6.07, 6.45) is -0.164. The molecule has 0 aliphatic carbocycles. The van der Waals surface area contributed by atoms with Crippen LogP contribution in [0.5, 0.6) is 0 Å². The van der Waals surface area contributed by atoms with Crippen LogP contribution in [-0.4, -0.2) is 34.1 Å². The van der Waals surface area contributed by atoms with Crippen LogP contribution >= 0.6 is 11.6 Å². The molecular weight excluding hydrogens is 382 g/mol. The van der Waals surface area contributed by atoms with Gasteiger partial charge in [-0.25, -0.2) is 0 Å². The van der Waals surface area contributed by atoms with Gasteiger partial charge >= 0.3 is 11.9 Å². The van der Waals surface area contributed by atoms with Gasteiger partial charge in [-0.05, 0) is 42.2 Å². The van der Waals surface area contributed by atoms with Crippen molar-refractivity contribution in [2.75, 3.05) is 0 Å². The third kappa shape index (κ3) is 6.39. The zero-order chi connectivity index (χ0) is 20.7. The van der Waals surface area contributed by atoms with Gasteiger partial charge in [-0.15, -0.1) is 0 Å². The SMILES string of the molecule is CC(C(=O)O)C(Cc1ccc(-c2cccc(Cl)c2)cc1)NC(=O)CCC(=O)O. The fourth-order valence-corrected chi connectivity index (χ4v) is 2.97. The van der Waals surface area contributed by atoms with E-state index in [0.29, 0.717) is 11.4 Å². The van der Waals surface area contributed by atoms with E-state index in [-0.39, 0.29) is 12.8 Å². The minimum absolute atomic E-state index is 0.189. The van der Waals surface area contributed by atoms with E-state index in [1.54, 1.807) is 6.07 Å². The van der Waals surface area contributed by atoms with Crippen LogP contribution in [0.3, 0.4) is 0 Å². The predicted molar refractivity (Wildman–Crippen MR) is 106 cm³/mol. The van der Waals surface area contributed by atoms with Crippen molar-refractivity contribution in [2.24, 2.45) is 5.92 Å². The van der Waals surface area contributed by atoms with Gasteiger partial charge in [0, 0.05) is 17.5 Å². The minimum Gasteiger partial charge on any atom is -0.481 e. The highest BCUT2D eigenvalue weighted by atomic mass is 35.5. The second-order valence-electron chi connectivity index (χ2n) is 6.61. The molecule has 6 nitrogen and oxygen atoms in total. The fraction of sp³-hybridized carbons (Fsp3) is 0.286. The van der Waals surface area contributed by atoms with Crippen molar-refractivity contribution in [3.05, 3.63) is 59.1 Å². The maximum Gasteiger partial charge on any atom is 0.308 e. The van der Waals surface area contributed by atoms with Gasteiger partial charge in [0.25, 0.3) is 0 Å². The molecule has 0 aliphatic heterocycles. The maximum atomic E-state index is 12.0. The highest BCUT2D eigenvalue weighted by Gasteiger charge is 2.25. The van der Waals surface area contributed by atoms with E-state index in [4.69, 9.17) is 16.7 Å². The molecule has 3 N–H and O–H groups in total. The van der Waals surface area contributed by atoms with Crippen LogP contribution in [0.15, 0.2) is 48.5 Å². The third-order valence-corrected chi connectivity index (χ3v) is 4.71. The number of rotatable bonds is 9. The first kappa shape index (κ1) is 21.4. The van der Waals surface area contributed by atoms with Gasteiger partial charge in [-0.3, -0.25) is 14.4 Å². The summed E-state index contributed by atoms with van der Waals surface area (Å²) >= 11 is 6.02. The zero-order valence-electron chi connectivity index (χ0n) is 15.4. The molecule has 1 amide bonds. The van der Waals surface area contributed by atoms with Crippen molar-refractivity contribution in [3.63, 3.8) is 0 Å². The summed E-state index contributed by atoms with van der Waals surface area (Å²) in [4.78, 5) is 34.0. The molecule has 0 radical (unpaired) electrons. The Balaban J connectivity index is 2.11. The average Bonchev–Trinajstić information content (AvgIpc) is 2.65. The summed E-state index contributed by atoms with van der Waals surface area (Å²) in [7, 11) is 0. The van der Waals surface area contributed by atoms with Crippen molar-refractivity contribution in [3.8, 4) is 11.1 Å². The first-order valence-electron chi connectivity index (χ1n) is 8.85. The molecule has 2 aromatic carbocycles. The van der Waals surface area contributed by atoms with E-state index in [9.17, 15) is 19.5 Å². The molecule has 0 saturated heterocycles. The first-order chi connectivity index (χ1) is 13.3. The van der Waals surface area contributed by atoms with E-state index in [0.717, 1.165) is 16.7 Å². The number of carboxylic acids is 2.